The van der Waals surface area contributed by atoms with Crippen LogP contribution in [0.2, 0.25) is 5.02 Å². The van der Waals surface area contributed by atoms with Crippen molar-refractivity contribution in [3.05, 3.63) is 65.3 Å². The van der Waals surface area contributed by atoms with Crippen LogP contribution in [-0.4, -0.2) is 25.5 Å². The summed E-state index contributed by atoms with van der Waals surface area (Å²) in [5.74, 6) is -0.0850. The summed E-state index contributed by atoms with van der Waals surface area (Å²) in [6.45, 7) is 2.31. The minimum atomic E-state index is -0.471. The molecule has 8 heteroatoms. The molecule has 3 rings (SSSR count). The Hall–Kier alpha value is -2.67. The van der Waals surface area contributed by atoms with Gasteiger partial charge in [0, 0.05) is 18.5 Å². The predicted octanol–water partition coefficient (Wildman–Crippen LogP) is 3.51. The standard InChI is InChI=1S/C17H17ClFN5O/c1-2-15(24-11-13(18)9-20-24)17(25)21-16-6-7-23(22-16)10-12-4-3-5-14(19)8-12/h3-9,11,15H,2,10H2,1H3,(H,21,22,25). The molecule has 3 aromatic rings. The van der Waals surface area contributed by atoms with Crippen molar-refractivity contribution in [3.63, 3.8) is 0 Å². The van der Waals surface area contributed by atoms with Crippen LogP contribution in [0.5, 0.6) is 0 Å². The number of anilines is 1. The van der Waals surface area contributed by atoms with Gasteiger partial charge in [0.05, 0.1) is 17.8 Å². The molecule has 1 amide bonds. The summed E-state index contributed by atoms with van der Waals surface area (Å²) in [7, 11) is 0. The van der Waals surface area contributed by atoms with E-state index in [1.165, 1.54) is 23.0 Å². The number of nitrogens with one attached hydrogen (secondary N) is 1. The van der Waals surface area contributed by atoms with Crippen molar-refractivity contribution >= 4 is 23.3 Å². The summed E-state index contributed by atoms with van der Waals surface area (Å²) in [5.41, 5.74) is 0.790. The van der Waals surface area contributed by atoms with Gasteiger partial charge < -0.3 is 5.32 Å². The molecule has 6 nitrogen and oxygen atoms in total. The van der Waals surface area contributed by atoms with Gasteiger partial charge in [-0.2, -0.15) is 10.2 Å². The Morgan fingerprint density at radius 3 is 2.92 bits per heavy atom. The number of amides is 1. The molecule has 1 atom stereocenters. The predicted molar refractivity (Wildman–Crippen MR) is 92.9 cm³/mol. The van der Waals surface area contributed by atoms with Crippen LogP contribution in [0.3, 0.4) is 0 Å². The average molecular weight is 362 g/mol. The monoisotopic (exact) mass is 361 g/mol. The third-order valence-corrected chi connectivity index (χ3v) is 3.90. The van der Waals surface area contributed by atoms with Crippen molar-refractivity contribution in [3.8, 4) is 0 Å². The van der Waals surface area contributed by atoms with Gasteiger partial charge in [-0.25, -0.2) is 4.39 Å². The summed E-state index contributed by atoms with van der Waals surface area (Å²) in [4.78, 5) is 12.5. The van der Waals surface area contributed by atoms with E-state index in [1.54, 1.807) is 29.2 Å². The van der Waals surface area contributed by atoms with E-state index in [0.717, 1.165) is 5.56 Å². The van der Waals surface area contributed by atoms with Gasteiger partial charge in [-0.1, -0.05) is 30.7 Å². The fourth-order valence-electron chi connectivity index (χ4n) is 2.53. The number of hydrogen-bond donors (Lipinski definition) is 1. The molecule has 0 fully saturated rings. The highest BCUT2D eigenvalue weighted by Crippen LogP contribution is 2.17. The molecular formula is C17H17ClFN5O. The molecule has 2 aromatic heterocycles. The average Bonchev–Trinajstić information content (AvgIpc) is 3.17. The van der Waals surface area contributed by atoms with Crippen molar-refractivity contribution in [1.82, 2.24) is 19.6 Å². The lowest BCUT2D eigenvalue weighted by Gasteiger charge is -2.14. The van der Waals surface area contributed by atoms with Crippen LogP contribution >= 0.6 is 11.6 Å². The first kappa shape index (κ1) is 17.2. The van der Waals surface area contributed by atoms with Gasteiger partial charge >= 0.3 is 0 Å². The third-order valence-electron chi connectivity index (χ3n) is 3.70. The quantitative estimate of drug-likeness (QED) is 0.730. The normalized spacial score (nSPS) is 12.1. The zero-order valence-corrected chi connectivity index (χ0v) is 14.3. The Kier molecular flexibility index (Phi) is 5.14. The van der Waals surface area contributed by atoms with Crippen LogP contribution in [0.4, 0.5) is 10.2 Å². The Labute approximate surface area is 149 Å². The molecule has 0 bridgehead atoms. The van der Waals surface area contributed by atoms with Crippen LogP contribution in [-0.2, 0) is 11.3 Å². The number of halogens is 2. The van der Waals surface area contributed by atoms with Crippen LogP contribution in [0.25, 0.3) is 0 Å². The highest BCUT2D eigenvalue weighted by atomic mass is 35.5. The van der Waals surface area contributed by atoms with Gasteiger partial charge in [0.2, 0.25) is 5.91 Å². The van der Waals surface area contributed by atoms with Gasteiger partial charge in [0.1, 0.15) is 11.9 Å². The lowest BCUT2D eigenvalue weighted by molar-refractivity contribution is -0.119. The Morgan fingerprint density at radius 1 is 1.40 bits per heavy atom. The smallest absolute Gasteiger partial charge is 0.250 e. The molecule has 1 aromatic carbocycles. The SMILES string of the molecule is CCC(C(=O)Nc1ccn(Cc2cccc(F)c2)n1)n1cc(Cl)cn1. The summed E-state index contributed by atoms with van der Waals surface area (Å²) in [5, 5.41) is 11.6. The van der Waals surface area contributed by atoms with Crippen molar-refractivity contribution < 1.29 is 9.18 Å². The van der Waals surface area contributed by atoms with E-state index in [2.05, 4.69) is 15.5 Å². The summed E-state index contributed by atoms with van der Waals surface area (Å²) >= 11 is 5.86. The number of rotatable bonds is 6. The fourth-order valence-corrected chi connectivity index (χ4v) is 2.67. The molecule has 25 heavy (non-hydrogen) atoms. The lowest BCUT2D eigenvalue weighted by Crippen LogP contribution is -2.26. The number of benzene rings is 1. The molecule has 0 saturated carbocycles. The number of carbonyl (C=O) groups is 1. The van der Waals surface area contributed by atoms with E-state index < -0.39 is 6.04 Å². The summed E-state index contributed by atoms with van der Waals surface area (Å²) < 4.78 is 16.4. The first-order valence-corrected chi connectivity index (χ1v) is 8.21. The zero-order valence-electron chi connectivity index (χ0n) is 13.6. The highest BCUT2D eigenvalue weighted by Gasteiger charge is 2.20. The second-order valence-electron chi connectivity index (χ2n) is 5.58. The summed E-state index contributed by atoms with van der Waals surface area (Å²) in [6.07, 6.45) is 5.39. The molecule has 0 spiro atoms. The molecule has 0 aliphatic carbocycles. The van der Waals surface area contributed by atoms with Crippen LogP contribution in [0.15, 0.2) is 48.9 Å². The van der Waals surface area contributed by atoms with Gasteiger partial charge in [-0.3, -0.25) is 14.2 Å². The molecule has 0 aliphatic heterocycles. The first-order chi connectivity index (χ1) is 12.0. The van der Waals surface area contributed by atoms with Crippen molar-refractivity contribution in [2.75, 3.05) is 5.32 Å². The lowest BCUT2D eigenvalue weighted by atomic mass is 10.2. The van der Waals surface area contributed by atoms with Gasteiger partial charge in [0.15, 0.2) is 5.82 Å². The second-order valence-corrected chi connectivity index (χ2v) is 6.02. The molecule has 1 N–H and O–H groups in total. The second kappa shape index (κ2) is 7.48. The van der Waals surface area contributed by atoms with Crippen LogP contribution in [0.1, 0.15) is 24.9 Å². The molecular weight excluding hydrogens is 345 g/mol. The Balaban J connectivity index is 1.67. The molecule has 0 radical (unpaired) electrons. The minimum absolute atomic E-state index is 0.224. The molecule has 130 valence electrons. The number of nitrogens with zero attached hydrogens (tertiary/aromatic N) is 4. The van der Waals surface area contributed by atoms with Crippen molar-refractivity contribution in [2.45, 2.75) is 25.9 Å². The molecule has 2 heterocycles. The maximum absolute atomic E-state index is 13.2. The van der Waals surface area contributed by atoms with Crippen molar-refractivity contribution in [1.29, 1.82) is 0 Å². The van der Waals surface area contributed by atoms with E-state index >= 15 is 0 Å². The molecule has 0 aliphatic rings. The van der Waals surface area contributed by atoms with Gasteiger partial charge in [0.25, 0.3) is 0 Å². The van der Waals surface area contributed by atoms with E-state index in [1.807, 2.05) is 13.0 Å². The molecule has 1 unspecified atom stereocenters. The maximum Gasteiger partial charge on any atom is 0.250 e. The summed E-state index contributed by atoms with van der Waals surface area (Å²) in [6, 6.07) is 7.54. The van der Waals surface area contributed by atoms with Crippen molar-refractivity contribution in [2.24, 2.45) is 0 Å². The van der Waals surface area contributed by atoms with E-state index in [4.69, 9.17) is 11.6 Å². The minimum Gasteiger partial charge on any atom is -0.307 e. The Morgan fingerprint density at radius 2 is 2.24 bits per heavy atom. The number of carbonyl (C=O) groups excluding carboxylic acids is 1. The Bertz CT molecular complexity index is 875. The topological polar surface area (TPSA) is 64.7 Å². The van der Waals surface area contributed by atoms with E-state index in [-0.39, 0.29) is 11.7 Å². The maximum atomic E-state index is 13.2. The molecule has 0 saturated heterocycles. The number of aromatic nitrogens is 4. The number of hydrogen-bond acceptors (Lipinski definition) is 3. The largest absolute Gasteiger partial charge is 0.307 e. The first-order valence-electron chi connectivity index (χ1n) is 7.83. The van der Waals surface area contributed by atoms with Crippen LogP contribution in [0, 0.1) is 5.82 Å². The third kappa shape index (κ3) is 4.24. The van der Waals surface area contributed by atoms with E-state index in [9.17, 15) is 9.18 Å². The zero-order chi connectivity index (χ0) is 17.8. The fraction of sp³-hybridized carbons (Fsp3) is 0.235. The highest BCUT2D eigenvalue weighted by molar-refractivity contribution is 6.30. The van der Waals surface area contributed by atoms with Gasteiger partial charge in [-0.05, 0) is 24.1 Å². The van der Waals surface area contributed by atoms with Crippen LogP contribution < -0.4 is 5.32 Å². The van der Waals surface area contributed by atoms with Gasteiger partial charge in [-0.15, -0.1) is 0 Å². The van der Waals surface area contributed by atoms with E-state index in [0.29, 0.717) is 23.8 Å².